The normalized spacial score (nSPS) is 10.4. The van der Waals surface area contributed by atoms with Crippen molar-refractivity contribution in [3.8, 4) is 0 Å². The molecule has 0 saturated heterocycles. The van der Waals surface area contributed by atoms with Crippen LogP contribution in [-0.4, -0.2) is 31.5 Å². The van der Waals surface area contributed by atoms with Crippen molar-refractivity contribution in [1.82, 2.24) is 9.78 Å². The van der Waals surface area contributed by atoms with Gasteiger partial charge in [-0.25, -0.2) is 0 Å². The molecule has 1 heterocycles. The number of rotatable bonds is 4. The van der Waals surface area contributed by atoms with E-state index in [4.69, 9.17) is 0 Å². The Bertz CT molecular complexity index is 402. The molecule has 1 aromatic heterocycles. The summed E-state index contributed by atoms with van der Waals surface area (Å²) in [5.41, 5.74) is 0.835. The highest BCUT2D eigenvalue weighted by Crippen LogP contribution is 2.16. The molecular formula is C10H14N2O2S2. The highest BCUT2D eigenvalue weighted by atomic mass is 32.2. The molecule has 0 aliphatic rings. The van der Waals surface area contributed by atoms with E-state index >= 15 is 0 Å². The van der Waals surface area contributed by atoms with Crippen LogP contribution in [-0.2, 0) is 7.05 Å². The molecule has 0 atom stereocenters. The molecule has 0 aliphatic heterocycles. The van der Waals surface area contributed by atoms with Gasteiger partial charge in [-0.3, -0.25) is 14.3 Å². The van der Waals surface area contributed by atoms with Crippen molar-refractivity contribution in [2.45, 2.75) is 13.8 Å². The van der Waals surface area contributed by atoms with E-state index in [9.17, 15) is 9.59 Å². The zero-order valence-corrected chi connectivity index (χ0v) is 11.2. The summed E-state index contributed by atoms with van der Waals surface area (Å²) in [7, 11) is 1.68. The Morgan fingerprint density at radius 2 is 1.81 bits per heavy atom. The fraction of sp³-hybridized carbons (Fsp3) is 0.500. The molecule has 0 saturated carbocycles. The number of hydrogen-bond donors (Lipinski definition) is 0. The summed E-state index contributed by atoms with van der Waals surface area (Å²) >= 11 is 2.42. The topological polar surface area (TPSA) is 52.0 Å². The molecule has 16 heavy (non-hydrogen) atoms. The molecule has 0 aliphatic carbocycles. The van der Waals surface area contributed by atoms with E-state index in [1.165, 1.54) is 28.2 Å². The average Bonchev–Trinajstić information content (AvgIpc) is 2.61. The Morgan fingerprint density at radius 3 is 2.38 bits per heavy atom. The van der Waals surface area contributed by atoms with E-state index in [-0.39, 0.29) is 10.2 Å². The van der Waals surface area contributed by atoms with Crippen molar-refractivity contribution >= 4 is 33.8 Å². The summed E-state index contributed by atoms with van der Waals surface area (Å²) < 4.78 is 1.47. The van der Waals surface area contributed by atoms with Crippen LogP contribution in [0.3, 0.4) is 0 Å². The number of carbonyl (C=O) groups excluding carboxylic acids is 2. The summed E-state index contributed by atoms with van der Waals surface area (Å²) in [5, 5.41) is 3.92. The summed E-state index contributed by atoms with van der Waals surface area (Å²) in [4.78, 5) is 23.2. The fourth-order valence-electron chi connectivity index (χ4n) is 1.17. The fourth-order valence-corrected chi connectivity index (χ4v) is 2.28. The lowest BCUT2D eigenvalue weighted by Gasteiger charge is -1.96. The van der Waals surface area contributed by atoms with Gasteiger partial charge < -0.3 is 0 Å². The van der Waals surface area contributed by atoms with Crippen molar-refractivity contribution in [3.05, 3.63) is 17.5 Å². The van der Waals surface area contributed by atoms with Crippen LogP contribution in [0.1, 0.15) is 34.8 Å². The van der Waals surface area contributed by atoms with Gasteiger partial charge in [-0.1, -0.05) is 37.4 Å². The predicted molar refractivity (Wildman–Crippen MR) is 68.1 cm³/mol. The van der Waals surface area contributed by atoms with Gasteiger partial charge in [-0.15, -0.1) is 0 Å². The van der Waals surface area contributed by atoms with Crippen LogP contribution in [0.15, 0.2) is 6.07 Å². The molecule has 0 spiro atoms. The van der Waals surface area contributed by atoms with Gasteiger partial charge in [-0.2, -0.15) is 5.10 Å². The lowest BCUT2D eigenvalue weighted by Crippen LogP contribution is -2.03. The highest BCUT2D eigenvalue weighted by Gasteiger charge is 2.17. The quantitative estimate of drug-likeness (QED) is 0.828. The van der Waals surface area contributed by atoms with E-state index in [1.54, 1.807) is 13.1 Å². The van der Waals surface area contributed by atoms with Gasteiger partial charge in [0, 0.05) is 13.1 Å². The lowest BCUT2D eigenvalue weighted by atomic mass is 10.4. The second-order valence-corrected chi connectivity index (χ2v) is 5.45. The summed E-state index contributed by atoms with van der Waals surface area (Å²) in [6.07, 6.45) is 0. The Labute approximate surface area is 103 Å². The van der Waals surface area contributed by atoms with Crippen LogP contribution >= 0.6 is 23.5 Å². The van der Waals surface area contributed by atoms with Gasteiger partial charge in [0.25, 0.3) is 0 Å². The van der Waals surface area contributed by atoms with E-state index in [0.717, 1.165) is 5.75 Å². The first kappa shape index (κ1) is 13.3. The van der Waals surface area contributed by atoms with E-state index in [1.807, 2.05) is 13.8 Å². The molecule has 6 heteroatoms. The Kier molecular flexibility index (Phi) is 5.08. The highest BCUT2D eigenvalue weighted by molar-refractivity contribution is 8.14. The molecule has 88 valence electrons. The number of hydrogen-bond acceptors (Lipinski definition) is 5. The molecule has 0 amide bonds. The van der Waals surface area contributed by atoms with Crippen LogP contribution in [0.5, 0.6) is 0 Å². The Morgan fingerprint density at radius 1 is 1.25 bits per heavy atom. The maximum atomic E-state index is 11.6. The molecule has 4 nitrogen and oxygen atoms in total. The van der Waals surface area contributed by atoms with Crippen molar-refractivity contribution < 1.29 is 9.59 Å². The zero-order chi connectivity index (χ0) is 12.1. The van der Waals surface area contributed by atoms with E-state index < -0.39 is 0 Å². The average molecular weight is 258 g/mol. The Hall–Kier alpha value is -0.750. The van der Waals surface area contributed by atoms with Crippen LogP contribution < -0.4 is 0 Å². The lowest BCUT2D eigenvalue weighted by molar-refractivity contribution is 0.107. The number of nitrogens with zero attached hydrogens (tertiary/aromatic N) is 2. The molecule has 0 unspecified atom stereocenters. The maximum Gasteiger partial charge on any atom is 0.239 e. The van der Waals surface area contributed by atoms with Gasteiger partial charge >= 0.3 is 0 Å². The second-order valence-electron chi connectivity index (χ2n) is 2.98. The first-order valence-electron chi connectivity index (χ1n) is 4.98. The third-order valence-corrected chi connectivity index (χ3v) is 3.37. The van der Waals surface area contributed by atoms with Crippen molar-refractivity contribution in [3.63, 3.8) is 0 Å². The van der Waals surface area contributed by atoms with Crippen molar-refractivity contribution in [1.29, 1.82) is 0 Å². The van der Waals surface area contributed by atoms with E-state index in [2.05, 4.69) is 5.10 Å². The largest absolute Gasteiger partial charge is 0.280 e. The van der Waals surface area contributed by atoms with Crippen LogP contribution in [0.2, 0.25) is 0 Å². The van der Waals surface area contributed by atoms with Crippen LogP contribution in [0.25, 0.3) is 0 Å². The summed E-state index contributed by atoms with van der Waals surface area (Å²) in [5.74, 6) is 1.43. The molecule has 0 bridgehead atoms. The number of carbonyl (C=O) groups is 2. The maximum absolute atomic E-state index is 11.6. The predicted octanol–water partition coefficient (Wildman–Crippen LogP) is 2.21. The minimum atomic E-state index is -0.0846. The number of thioether (sulfide) groups is 2. The van der Waals surface area contributed by atoms with E-state index in [0.29, 0.717) is 17.1 Å². The van der Waals surface area contributed by atoms with Gasteiger partial charge in [-0.05, 0) is 11.5 Å². The molecule has 0 aromatic carbocycles. The molecular weight excluding hydrogens is 244 g/mol. The second kappa shape index (κ2) is 6.10. The third kappa shape index (κ3) is 3.12. The van der Waals surface area contributed by atoms with Crippen molar-refractivity contribution in [2.24, 2.45) is 7.05 Å². The summed E-state index contributed by atoms with van der Waals surface area (Å²) in [6, 6.07) is 1.57. The van der Waals surface area contributed by atoms with Crippen LogP contribution in [0.4, 0.5) is 0 Å². The minimum Gasteiger partial charge on any atom is -0.280 e. The third-order valence-electron chi connectivity index (χ3n) is 1.85. The van der Waals surface area contributed by atoms with Gasteiger partial charge in [0.15, 0.2) is 0 Å². The standard InChI is InChI=1S/C10H14N2O2S2/c1-4-15-9(13)7-6-8(12(3)11-7)10(14)16-5-2/h6H,4-5H2,1-3H3. The van der Waals surface area contributed by atoms with Crippen molar-refractivity contribution in [2.75, 3.05) is 11.5 Å². The monoisotopic (exact) mass is 258 g/mol. The smallest absolute Gasteiger partial charge is 0.239 e. The summed E-state index contributed by atoms with van der Waals surface area (Å²) in [6.45, 7) is 3.82. The first-order valence-corrected chi connectivity index (χ1v) is 6.95. The zero-order valence-electron chi connectivity index (χ0n) is 9.52. The number of aryl methyl sites for hydroxylation is 1. The molecule has 0 N–H and O–H groups in total. The molecule has 0 fully saturated rings. The minimum absolute atomic E-state index is 0.0435. The molecule has 1 rings (SSSR count). The molecule has 0 radical (unpaired) electrons. The van der Waals surface area contributed by atoms with Gasteiger partial charge in [0.05, 0.1) is 0 Å². The Balaban J connectivity index is 2.89. The van der Waals surface area contributed by atoms with Crippen LogP contribution in [0, 0.1) is 0 Å². The molecule has 1 aromatic rings. The van der Waals surface area contributed by atoms with Gasteiger partial charge in [0.1, 0.15) is 11.4 Å². The number of aromatic nitrogens is 2. The van der Waals surface area contributed by atoms with Gasteiger partial charge in [0.2, 0.25) is 10.2 Å². The first-order chi connectivity index (χ1) is 7.60. The SMILES string of the molecule is CCSC(=O)c1cc(C(=O)SCC)n(C)n1.